The lowest BCUT2D eigenvalue weighted by molar-refractivity contribution is 1.09. The Balaban J connectivity index is 1.40. The number of rotatable bonds is 6. The van der Waals surface area contributed by atoms with Gasteiger partial charge in [-0.1, -0.05) is 72.8 Å². The SMILES string of the molecule is Nc1ccccc1N=Cc1cc(-c2nc3ccccc3n2-c2ccccc2)cc(-c2nc3ccccc3n2-c2ccccc2)c1. The highest BCUT2D eigenvalue weighted by Gasteiger charge is 2.19. The summed E-state index contributed by atoms with van der Waals surface area (Å²) in [5.74, 6) is 1.67. The van der Waals surface area contributed by atoms with Crippen molar-refractivity contribution < 1.29 is 0 Å². The molecular weight excluding hydrogens is 552 g/mol. The third kappa shape index (κ3) is 4.84. The molecule has 2 aromatic heterocycles. The second-order valence-corrected chi connectivity index (χ2v) is 10.9. The highest BCUT2D eigenvalue weighted by atomic mass is 15.1. The molecule has 0 amide bonds. The number of hydrogen-bond acceptors (Lipinski definition) is 4. The van der Waals surface area contributed by atoms with Crippen molar-refractivity contribution >= 4 is 39.7 Å². The first-order valence-electron chi connectivity index (χ1n) is 14.8. The molecule has 6 nitrogen and oxygen atoms in total. The normalized spacial score (nSPS) is 11.6. The van der Waals surface area contributed by atoms with E-state index in [1.165, 1.54) is 0 Å². The van der Waals surface area contributed by atoms with E-state index in [2.05, 4.69) is 100 Å². The van der Waals surface area contributed by atoms with Gasteiger partial charge in [0.1, 0.15) is 11.6 Å². The Morgan fingerprint density at radius 2 is 0.978 bits per heavy atom. The molecule has 0 saturated heterocycles. The summed E-state index contributed by atoms with van der Waals surface area (Å²) < 4.78 is 4.43. The van der Waals surface area contributed by atoms with E-state index in [9.17, 15) is 0 Å². The van der Waals surface area contributed by atoms with E-state index in [1.54, 1.807) is 0 Å². The van der Waals surface area contributed by atoms with Crippen molar-refractivity contribution in [2.24, 2.45) is 4.99 Å². The van der Waals surface area contributed by atoms with E-state index < -0.39 is 0 Å². The maximum absolute atomic E-state index is 6.24. The molecular formula is C39H28N6. The second kappa shape index (κ2) is 11.1. The fourth-order valence-corrected chi connectivity index (χ4v) is 5.85. The number of benzene rings is 6. The number of aliphatic imine (C=N–C) groups is 1. The fraction of sp³-hybridized carbons (Fsp3) is 0. The first kappa shape index (κ1) is 26.4. The third-order valence-corrected chi connectivity index (χ3v) is 7.91. The second-order valence-electron chi connectivity index (χ2n) is 10.9. The van der Waals surface area contributed by atoms with Gasteiger partial charge in [0, 0.05) is 28.7 Å². The van der Waals surface area contributed by atoms with Gasteiger partial charge in [0.15, 0.2) is 0 Å². The number of fused-ring (bicyclic) bond motifs is 2. The van der Waals surface area contributed by atoms with E-state index in [1.807, 2.05) is 66.9 Å². The number of nitrogens with zero attached hydrogens (tertiary/aromatic N) is 5. The van der Waals surface area contributed by atoms with Crippen LogP contribution in [-0.4, -0.2) is 25.3 Å². The van der Waals surface area contributed by atoms with Crippen LogP contribution >= 0.6 is 0 Å². The zero-order chi connectivity index (χ0) is 30.2. The summed E-state index contributed by atoms with van der Waals surface area (Å²) >= 11 is 0. The van der Waals surface area contributed by atoms with Crippen molar-refractivity contribution in [1.82, 2.24) is 19.1 Å². The largest absolute Gasteiger partial charge is 0.397 e. The highest BCUT2D eigenvalue weighted by molar-refractivity contribution is 5.91. The van der Waals surface area contributed by atoms with Crippen molar-refractivity contribution in [2.45, 2.75) is 0 Å². The van der Waals surface area contributed by atoms with Crippen LogP contribution in [0.25, 0.3) is 56.2 Å². The van der Waals surface area contributed by atoms with Crippen LogP contribution in [0.2, 0.25) is 0 Å². The molecule has 0 bridgehead atoms. The Morgan fingerprint density at radius 3 is 1.51 bits per heavy atom. The van der Waals surface area contributed by atoms with Gasteiger partial charge in [-0.25, -0.2) is 9.97 Å². The number of aromatic nitrogens is 4. The molecule has 0 aliphatic carbocycles. The molecule has 45 heavy (non-hydrogen) atoms. The van der Waals surface area contributed by atoms with Crippen molar-refractivity contribution in [2.75, 3.05) is 5.73 Å². The van der Waals surface area contributed by atoms with Crippen molar-refractivity contribution in [3.63, 3.8) is 0 Å². The highest BCUT2D eigenvalue weighted by Crippen LogP contribution is 2.35. The van der Waals surface area contributed by atoms with Crippen LogP contribution in [0.15, 0.2) is 157 Å². The maximum Gasteiger partial charge on any atom is 0.145 e. The number of imidazole rings is 2. The van der Waals surface area contributed by atoms with Crippen molar-refractivity contribution in [3.05, 3.63) is 157 Å². The van der Waals surface area contributed by atoms with Crippen molar-refractivity contribution in [1.29, 1.82) is 0 Å². The molecule has 0 saturated carbocycles. The van der Waals surface area contributed by atoms with Crippen LogP contribution in [-0.2, 0) is 0 Å². The average molecular weight is 581 g/mol. The Morgan fingerprint density at radius 1 is 0.511 bits per heavy atom. The molecule has 2 N–H and O–H groups in total. The third-order valence-electron chi connectivity index (χ3n) is 7.91. The zero-order valence-corrected chi connectivity index (χ0v) is 24.3. The van der Waals surface area contributed by atoms with Crippen molar-refractivity contribution in [3.8, 4) is 34.2 Å². The smallest absolute Gasteiger partial charge is 0.145 e. The zero-order valence-electron chi connectivity index (χ0n) is 24.3. The fourth-order valence-electron chi connectivity index (χ4n) is 5.85. The quantitative estimate of drug-likeness (QED) is 0.158. The van der Waals surface area contributed by atoms with Gasteiger partial charge in [-0.3, -0.25) is 14.1 Å². The molecule has 0 spiro atoms. The summed E-state index contributed by atoms with van der Waals surface area (Å²) in [7, 11) is 0. The number of nitrogens with two attached hydrogens (primary N) is 1. The van der Waals surface area contributed by atoms with Gasteiger partial charge in [0.2, 0.25) is 0 Å². The van der Waals surface area contributed by atoms with Crippen LogP contribution in [0.1, 0.15) is 5.56 Å². The first-order valence-corrected chi connectivity index (χ1v) is 14.8. The summed E-state index contributed by atoms with van der Waals surface area (Å²) in [5, 5.41) is 0. The summed E-state index contributed by atoms with van der Waals surface area (Å²) in [5.41, 5.74) is 16.4. The molecule has 0 atom stereocenters. The summed E-state index contributed by atoms with van der Waals surface area (Å²) in [4.78, 5) is 15.1. The predicted octanol–water partition coefficient (Wildman–Crippen LogP) is 9.03. The standard InChI is InChI=1S/C39H28N6/c40-32-17-7-8-18-33(32)41-26-27-23-28(38-42-34-19-9-11-21-36(34)44(38)30-13-3-1-4-14-30)25-29(24-27)39-43-35-20-10-12-22-37(35)45(39)31-15-5-2-6-16-31/h1-26H,40H2. The van der Waals surface area contributed by atoms with E-state index in [0.29, 0.717) is 5.69 Å². The minimum atomic E-state index is 0.627. The van der Waals surface area contributed by atoms with Crippen LogP contribution in [0, 0.1) is 0 Å². The molecule has 2 heterocycles. The lowest BCUT2D eigenvalue weighted by Gasteiger charge is -2.13. The molecule has 8 rings (SSSR count). The molecule has 0 radical (unpaired) electrons. The predicted molar refractivity (Wildman–Crippen MR) is 185 cm³/mol. The van der Waals surface area contributed by atoms with E-state index >= 15 is 0 Å². The van der Waals surface area contributed by atoms with Gasteiger partial charge in [0.05, 0.1) is 33.4 Å². The van der Waals surface area contributed by atoms with Gasteiger partial charge in [-0.2, -0.15) is 0 Å². The van der Waals surface area contributed by atoms with Crippen LogP contribution in [0.5, 0.6) is 0 Å². The van der Waals surface area contributed by atoms with Gasteiger partial charge in [0.25, 0.3) is 0 Å². The molecule has 0 unspecified atom stereocenters. The number of hydrogen-bond donors (Lipinski definition) is 1. The number of nitrogen functional groups attached to an aromatic ring is 1. The number of para-hydroxylation sites is 8. The molecule has 0 fully saturated rings. The van der Waals surface area contributed by atoms with E-state index in [-0.39, 0.29) is 0 Å². The lowest BCUT2D eigenvalue weighted by Crippen LogP contribution is -2.01. The monoisotopic (exact) mass is 580 g/mol. The Kier molecular flexibility index (Phi) is 6.50. The topological polar surface area (TPSA) is 74.0 Å². The van der Waals surface area contributed by atoms with Gasteiger partial charge in [-0.05, 0) is 84.4 Å². The first-order chi connectivity index (χ1) is 22.2. The van der Waals surface area contributed by atoms with Gasteiger partial charge in [-0.15, -0.1) is 0 Å². The number of anilines is 1. The molecule has 6 aromatic carbocycles. The minimum Gasteiger partial charge on any atom is -0.397 e. The summed E-state index contributed by atoms with van der Waals surface area (Å²) in [6, 6.07) is 51.2. The minimum absolute atomic E-state index is 0.627. The molecule has 0 aliphatic heterocycles. The maximum atomic E-state index is 6.24. The Hall–Kier alpha value is -6.27. The van der Waals surface area contributed by atoms with Crippen LogP contribution < -0.4 is 5.73 Å². The summed E-state index contributed by atoms with van der Waals surface area (Å²) in [6.07, 6.45) is 1.86. The Bertz CT molecular complexity index is 2200. The average Bonchev–Trinajstić information content (AvgIpc) is 3.68. The van der Waals surface area contributed by atoms with Gasteiger partial charge < -0.3 is 5.73 Å². The molecule has 8 aromatic rings. The van der Waals surface area contributed by atoms with E-state index in [4.69, 9.17) is 20.7 Å². The molecule has 6 heteroatoms. The van der Waals surface area contributed by atoms with Crippen LogP contribution in [0.4, 0.5) is 11.4 Å². The van der Waals surface area contributed by atoms with E-state index in [0.717, 1.165) is 67.5 Å². The Labute approximate surface area is 260 Å². The van der Waals surface area contributed by atoms with Gasteiger partial charge >= 0.3 is 0 Å². The lowest BCUT2D eigenvalue weighted by atomic mass is 10.0. The summed E-state index contributed by atoms with van der Waals surface area (Å²) in [6.45, 7) is 0. The molecule has 0 aliphatic rings. The van der Waals surface area contributed by atoms with Crippen LogP contribution in [0.3, 0.4) is 0 Å². The molecule has 214 valence electrons.